The van der Waals surface area contributed by atoms with Gasteiger partial charge < -0.3 is 14.7 Å². The number of benzene rings is 1. The van der Waals surface area contributed by atoms with Gasteiger partial charge in [0, 0.05) is 25.2 Å². The summed E-state index contributed by atoms with van der Waals surface area (Å²) in [6.45, 7) is 6.62. The lowest BCUT2D eigenvalue weighted by Gasteiger charge is -2.27. The van der Waals surface area contributed by atoms with Crippen molar-refractivity contribution >= 4 is 6.09 Å². The summed E-state index contributed by atoms with van der Waals surface area (Å²) < 4.78 is 5.55. The van der Waals surface area contributed by atoms with Crippen LogP contribution in [0.25, 0.3) is 0 Å². The molecule has 0 saturated carbocycles. The molecule has 0 spiro atoms. The summed E-state index contributed by atoms with van der Waals surface area (Å²) in [6, 6.07) is 15.6. The molecule has 2 rings (SSSR count). The third-order valence-electron chi connectivity index (χ3n) is 3.83. The van der Waals surface area contributed by atoms with E-state index in [4.69, 9.17) is 4.74 Å². The molecule has 1 aromatic heterocycles. The average Bonchev–Trinajstić information content (AvgIpc) is 2.61. The maximum atomic E-state index is 12.6. The lowest BCUT2D eigenvalue weighted by molar-refractivity contribution is 0.0253. The number of pyridine rings is 1. The van der Waals surface area contributed by atoms with Gasteiger partial charge in [-0.25, -0.2) is 4.79 Å². The number of hydrogen-bond acceptors (Lipinski definition) is 4. The van der Waals surface area contributed by atoms with E-state index in [-0.39, 0.29) is 12.7 Å². The summed E-state index contributed by atoms with van der Waals surface area (Å²) in [5.41, 5.74) is 2.14. The number of nitrogens with zero attached hydrogens (tertiary/aromatic N) is 2. The second-order valence-corrected chi connectivity index (χ2v) is 7.23. The Hall–Kier alpha value is -2.40. The highest BCUT2D eigenvalue weighted by Gasteiger charge is 2.22. The van der Waals surface area contributed by atoms with E-state index >= 15 is 0 Å². The van der Waals surface area contributed by atoms with Crippen molar-refractivity contribution in [3.8, 4) is 0 Å². The molecule has 1 N–H and O–H groups in total. The molecule has 0 radical (unpaired) electrons. The summed E-state index contributed by atoms with van der Waals surface area (Å²) in [4.78, 5) is 18.7. The lowest BCUT2D eigenvalue weighted by Crippen LogP contribution is -2.39. The second-order valence-electron chi connectivity index (χ2n) is 7.23. The highest BCUT2D eigenvalue weighted by Crippen LogP contribution is 2.12. The van der Waals surface area contributed by atoms with Crippen molar-refractivity contribution in [3.63, 3.8) is 0 Å². The summed E-state index contributed by atoms with van der Waals surface area (Å²) >= 11 is 0. The molecule has 0 atom stereocenters. The molecule has 5 heteroatoms. The fraction of sp³-hybridized carbons (Fsp3) is 0.429. The number of amides is 1. The smallest absolute Gasteiger partial charge is 0.410 e. The predicted molar refractivity (Wildman–Crippen MR) is 102 cm³/mol. The van der Waals surface area contributed by atoms with E-state index in [1.54, 1.807) is 11.0 Å². The molecule has 0 saturated heterocycles. The van der Waals surface area contributed by atoms with Crippen molar-refractivity contribution in [1.29, 1.82) is 0 Å². The molecule has 140 valence electrons. The van der Waals surface area contributed by atoms with E-state index < -0.39 is 5.60 Å². The van der Waals surface area contributed by atoms with Gasteiger partial charge in [0.25, 0.3) is 0 Å². The monoisotopic (exact) mass is 356 g/mol. The normalized spacial score (nSPS) is 11.2. The summed E-state index contributed by atoms with van der Waals surface area (Å²) in [5, 5.41) is 9.22. The molecule has 0 bridgehead atoms. The highest BCUT2D eigenvalue weighted by atomic mass is 16.6. The van der Waals surface area contributed by atoms with Crippen molar-refractivity contribution in [2.75, 3.05) is 13.1 Å². The van der Waals surface area contributed by atoms with Crippen LogP contribution in [0.15, 0.2) is 48.5 Å². The molecule has 5 nitrogen and oxygen atoms in total. The van der Waals surface area contributed by atoms with Crippen LogP contribution >= 0.6 is 0 Å². The standard InChI is InChI=1S/C21H28N2O3/c1-21(2,3)26-20(25)23(14-12-17-8-5-4-6-9-17)15-13-18-10-7-11-19(16-24)22-18/h4-11,24H,12-16H2,1-3H3. The first kappa shape index (κ1) is 19.9. The summed E-state index contributed by atoms with van der Waals surface area (Å²) in [6.07, 6.45) is 1.07. The van der Waals surface area contributed by atoms with Gasteiger partial charge in [0.1, 0.15) is 5.60 Å². The van der Waals surface area contributed by atoms with Gasteiger partial charge in [0.15, 0.2) is 0 Å². The SMILES string of the molecule is CC(C)(C)OC(=O)N(CCc1ccccc1)CCc1cccc(CO)n1. The number of carbonyl (C=O) groups excluding carboxylic acids is 1. The van der Waals surface area contributed by atoms with Crippen LogP contribution in [0, 0.1) is 0 Å². The van der Waals surface area contributed by atoms with Crippen molar-refractivity contribution in [1.82, 2.24) is 9.88 Å². The van der Waals surface area contributed by atoms with E-state index in [1.165, 1.54) is 5.56 Å². The molecule has 0 aliphatic carbocycles. The molecule has 0 aliphatic rings. The Kier molecular flexibility index (Phi) is 7.16. The van der Waals surface area contributed by atoms with E-state index in [9.17, 15) is 9.90 Å². The Morgan fingerprint density at radius 1 is 1.00 bits per heavy atom. The Morgan fingerprint density at radius 2 is 1.65 bits per heavy atom. The van der Waals surface area contributed by atoms with Crippen LogP contribution in [0.3, 0.4) is 0 Å². The molecule has 2 aromatic rings. The molecular weight excluding hydrogens is 328 g/mol. The maximum Gasteiger partial charge on any atom is 0.410 e. The van der Waals surface area contributed by atoms with Gasteiger partial charge in [-0.15, -0.1) is 0 Å². The van der Waals surface area contributed by atoms with Crippen molar-refractivity contribution in [2.45, 2.75) is 45.8 Å². The fourth-order valence-electron chi connectivity index (χ4n) is 2.54. The van der Waals surface area contributed by atoms with Gasteiger partial charge >= 0.3 is 6.09 Å². The van der Waals surface area contributed by atoms with E-state index in [0.717, 1.165) is 12.1 Å². The minimum absolute atomic E-state index is 0.0857. The average molecular weight is 356 g/mol. The zero-order chi connectivity index (χ0) is 19.0. The number of carbonyl (C=O) groups is 1. The van der Waals surface area contributed by atoms with Crippen LogP contribution in [-0.4, -0.2) is 39.8 Å². The van der Waals surface area contributed by atoms with Crippen LogP contribution in [0.5, 0.6) is 0 Å². The van der Waals surface area contributed by atoms with Crippen molar-refractivity contribution < 1.29 is 14.6 Å². The topological polar surface area (TPSA) is 62.7 Å². The number of ether oxygens (including phenoxy) is 1. The Bertz CT molecular complexity index is 696. The molecule has 1 aromatic carbocycles. The quantitative estimate of drug-likeness (QED) is 0.823. The molecule has 0 unspecified atom stereocenters. The third kappa shape index (κ3) is 6.84. The van der Waals surface area contributed by atoms with Gasteiger partial charge in [0.2, 0.25) is 0 Å². The Labute approximate surface area is 155 Å². The van der Waals surface area contributed by atoms with Gasteiger partial charge in [-0.05, 0) is 44.9 Å². The van der Waals surface area contributed by atoms with Crippen molar-refractivity contribution in [2.24, 2.45) is 0 Å². The molecule has 1 amide bonds. The predicted octanol–water partition coefficient (Wildman–Crippen LogP) is 3.60. The van der Waals surface area contributed by atoms with Crippen LogP contribution in [0.4, 0.5) is 4.79 Å². The van der Waals surface area contributed by atoms with Crippen LogP contribution < -0.4 is 0 Å². The van der Waals surface area contributed by atoms with Crippen molar-refractivity contribution in [3.05, 3.63) is 65.5 Å². The van der Waals surface area contributed by atoms with Crippen LogP contribution in [-0.2, 0) is 24.2 Å². The number of aromatic nitrogens is 1. The minimum Gasteiger partial charge on any atom is -0.444 e. The molecule has 0 fully saturated rings. The molecule has 0 aliphatic heterocycles. The van der Waals surface area contributed by atoms with Gasteiger partial charge in [-0.3, -0.25) is 4.98 Å². The zero-order valence-electron chi connectivity index (χ0n) is 15.8. The number of rotatable bonds is 7. The minimum atomic E-state index is -0.531. The van der Waals surface area contributed by atoms with Crippen LogP contribution in [0.1, 0.15) is 37.7 Å². The van der Waals surface area contributed by atoms with E-state index in [1.807, 2.05) is 51.1 Å². The van der Waals surface area contributed by atoms with Crippen LogP contribution in [0.2, 0.25) is 0 Å². The van der Waals surface area contributed by atoms with Gasteiger partial charge in [-0.1, -0.05) is 36.4 Å². The summed E-state index contributed by atoms with van der Waals surface area (Å²) in [7, 11) is 0. The van der Waals surface area contributed by atoms with Gasteiger partial charge in [0.05, 0.1) is 12.3 Å². The second kappa shape index (κ2) is 9.34. The first-order valence-electron chi connectivity index (χ1n) is 8.95. The third-order valence-corrected chi connectivity index (χ3v) is 3.83. The summed E-state index contributed by atoms with van der Waals surface area (Å²) in [5.74, 6) is 0. The number of aliphatic hydroxyl groups excluding tert-OH is 1. The van der Waals surface area contributed by atoms with E-state index in [0.29, 0.717) is 25.2 Å². The fourth-order valence-corrected chi connectivity index (χ4v) is 2.54. The highest BCUT2D eigenvalue weighted by molar-refractivity contribution is 5.68. The molecule has 26 heavy (non-hydrogen) atoms. The first-order valence-corrected chi connectivity index (χ1v) is 8.95. The number of aliphatic hydroxyl groups is 1. The zero-order valence-corrected chi connectivity index (χ0v) is 15.8. The number of hydrogen-bond donors (Lipinski definition) is 1. The molecular formula is C21H28N2O3. The Balaban J connectivity index is 2.02. The maximum absolute atomic E-state index is 12.6. The Morgan fingerprint density at radius 3 is 2.31 bits per heavy atom. The largest absolute Gasteiger partial charge is 0.444 e. The molecule has 1 heterocycles. The van der Waals surface area contributed by atoms with E-state index in [2.05, 4.69) is 17.1 Å². The van der Waals surface area contributed by atoms with Gasteiger partial charge in [-0.2, -0.15) is 0 Å². The first-order chi connectivity index (χ1) is 12.4. The lowest BCUT2D eigenvalue weighted by atomic mass is 10.1.